The predicted octanol–water partition coefficient (Wildman–Crippen LogP) is 4.53. The van der Waals surface area contributed by atoms with Crippen molar-refractivity contribution < 1.29 is 4.79 Å². The molecule has 0 heterocycles. The van der Waals surface area contributed by atoms with Crippen molar-refractivity contribution in [2.45, 2.75) is 49.3 Å². The number of nitrogens with one attached hydrogen (secondary N) is 1. The number of carbonyl (C=O) groups is 1. The van der Waals surface area contributed by atoms with Crippen LogP contribution in [0.15, 0.2) is 53.4 Å². The summed E-state index contributed by atoms with van der Waals surface area (Å²) < 4.78 is 0. The average Bonchev–Trinajstić information content (AvgIpc) is 3.03. The molecule has 23 heavy (non-hydrogen) atoms. The van der Waals surface area contributed by atoms with Crippen LogP contribution in [0.3, 0.4) is 0 Å². The van der Waals surface area contributed by atoms with Crippen LogP contribution in [0, 0.1) is 0 Å². The van der Waals surface area contributed by atoms with Crippen molar-refractivity contribution in [2.24, 2.45) is 0 Å². The zero-order valence-electron chi connectivity index (χ0n) is 13.7. The number of hydrogen-bond acceptors (Lipinski definition) is 2. The number of amides is 1. The van der Waals surface area contributed by atoms with Gasteiger partial charge in [-0.15, -0.1) is 11.8 Å². The Balaban J connectivity index is 1.60. The van der Waals surface area contributed by atoms with Crippen LogP contribution in [0.25, 0.3) is 0 Å². The van der Waals surface area contributed by atoms with Crippen molar-refractivity contribution in [1.82, 2.24) is 5.32 Å². The van der Waals surface area contributed by atoms with E-state index in [1.54, 1.807) is 11.8 Å². The van der Waals surface area contributed by atoms with E-state index in [4.69, 9.17) is 0 Å². The SMILES string of the molecule is C[C@H](NC(=O)[C@@H](C)Sc1ccccc1)c1ccc2c(c1)CCC2. The number of carbonyl (C=O) groups excluding carboxylic acids is 1. The maximum atomic E-state index is 12.4. The van der Waals surface area contributed by atoms with E-state index >= 15 is 0 Å². The molecule has 3 rings (SSSR count). The van der Waals surface area contributed by atoms with Crippen molar-refractivity contribution in [3.05, 3.63) is 65.2 Å². The highest BCUT2D eigenvalue weighted by atomic mass is 32.2. The van der Waals surface area contributed by atoms with Gasteiger partial charge in [-0.2, -0.15) is 0 Å². The fraction of sp³-hybridized carbons (Fsp3) is 0.350. The summed E-state index contributed by atoms with van der Waals surface area (Å²) in [7, 11) is 0. The molecule has 1 N–H and O–H groups in total. The molecule has 1 amide bonds. The Bertz CT molecular complexity index is 683. The van der Waals surface area contributed by atoms with Crippen LogP contribution in [0.4, 0.5) is 0 Å². The van der Waals surface area contributed by atoms with Crippen LogP contribution in [0.1, 0.15) is 43.0 Å². The van der Waals surface area contributed by atoms with Crippen LogP contribution in [-0.2, 0) is 17.6 Å². The van der Waals surface area contributed by atoms with Gasteiger partial charge in [-0.05, 0) is 61.9 Å². The van der Waals surface area contributed by atoms with Gasteiger partial charge >= 0.3 is 0 Å². The highest BCUT2D eigenvalue weighted by Gasteiger charge is 2.18. The normalized spacial score (nSPS) is 15.7. The summed E-state index contributed by atoms with van der Waals surface area (Å²) in [6.07, 6.45) is 3.62. The number of benzene rings is 2. The second-order valence-electron chi connectivity index (χ2n) is 6.19. The second-order valence-corrected chi connectivity index (χ2v) is 7.60. The summed E-state index contributed by atoms with van der Waals surface area (Å²) in [5, 5.41) is 3.05. The molecule has 0 spiro atoms. The van der Waals surface area contributed by atoms with Crippen molar-refractivity contribution >= 4 is 17.7 Å². The maximum Gasteiger partial charge on any atom is 0.233 e. The molecule has 2 nitrogen and oxygen atoms in total. The Morgan fingerprint density at radius 1 is 1.04 bits per heavy atom. The molecular weight excluding hydrogens is 302 g/mol. The number of rotatable bonds is 5. The van der Waals surface area contributed by atoms with E-state index in [0.29, 0.717) is 0 Å². The second kappa shape index (κ2) is 7.22. The maximum absolute atomic E-state index is 12.4. The van der Waals surface area contributed by atoms with Crippen molar-refractivity contribution in [3.63, 3.8) is 0 Å². The zero-order valence-corrected chi connectivity index (χ0v) is 14.5. The Morgan fingerprint density at radius 3 is 2.57 bits per heavy atom. The number of aryl methyl sites for hydroxylation is 2. The molecule has 0 aromatic heterocycles. The lowest BCUT2D eigenvalue weighted by molar-refractivity contribution is -0.120. The Kier molecular flexibility index (Phi) is 5.06. The van der Waals surface area contributed by atoms with Crippen LogP contribution in [-0.4, -0.2) is 11.2 Å². The van der Waals surface area contributed by atoms with E-state index < -0.39 is 0 Å². The molecular formula is C20H23NOS. The fourth-order valence-corrected chi connectivity index (χ4v) is 3.93. The molecule has 0 radical (unpaired) electrons. The fourth-order valence-electron chi connectivity index (χ4n) is 3.03. The standard InChI is InChI=1S/C20H23NOS/c1-14(17-12-11-16-7-6-8-18(16)13-17)21-20(22)15(2)23-19-9-4-3-5-10-19/h3-5,9-15H,6-8H2,1-2H3,(H,21,22)/t14-,15+/m0/s1. The number of hydrogen-bond donors (Lipinski definition) is 1. The van der Waals surface area contributed by atoms with E-state index in [-0.39, 0.29) is 17.2 Å². The molecule has 2 aromatic carbocycles. The van der Waals surface area contributed by atoms with Gasteiger partial charge in [0.2, 0.25) is 5.91 Å². The summed E-state index contributed by atoms with van der Waals surface area (Å²) in [4.78, 5) is 13.6. The van der Waals surface area contributed by atoms with Gasteiger partial charge in [-0.25, -0.2) is 0 Å². The smallest absolute Gasteiger partial charge is 0.233 e. The van der Waals surface area contributed by atoms with E-state index in [0.717, 1.165) is 4.90 Å². The van der Waals surface area contributed by atoms with Gasteiger partial charge in [-0.1, -0.05) is 36.4 Å². The van der Waals surface area contributed by atoms with Crippen molar-refractivity contribution in [2.75, 3.05) is 0 Å². The van der Waals surface area contributed by atoms with E-state index in [1.807, 2.05) is 37.3 Å². The third-order valence-electron chi connectivity index (χ3n) is 4.41. The molecule has 3 heteroatoms. The average molecular weight is 325 g/mol. The number of thioether (sulfide) groups is 1. The lowest BCUT2D eigenvalue weighted by Gasteiger charge is -2.18. The summed E-state index contributed by atoms with van der Waals surface area (Å²) in [5.74, 6) is 0.0897. The summed E-state index contributed by atoms with van der Waals surface area (Å²) in [5.41, 5.74) is 4.13. The lowest BCUT2D eigenvalue weighted by Crippen LogP contribution is -2.33. The molecule has 1 aliphatic carbocycles. The van der Waals surface area contributed by atoms with Crippen LogP contribution < -0.4 is 5.32 Å². The molecule has 1 aliphatic rings. The Labute approximate surface area is 142 Å². The summed E-state index contributed by atoms with van der Waals surface area (Å²) in [6.45, 7) is 4.02. The molecule has 0 fully saturated rings. The molecule has 0 saturated carbocycles. The quantitative estimate of drug-likeness (QED) is 0.818. The van der Waals surface area contributed by atoms with Gasteiger partial charge in [0.15, 0.2) is 0 Å². The summed E-state index contributed by atoms with van der Waals surface area (Å²) in [6, 6.07) is 16.8. The van der Waals surface area contributed by atoms with Gasteiger partial charge < -0.3 is 5.32 Å². The molecule has 0 aliphatic heterocycles. The molecule has 2 atom stereocenters. The van der Waals surface area contributed by atoms with Gasteiger partial charge in [0.05, 0.1) is 11.3 Å². The van der Waals surface area contributed by atoms with Crippen molar-refractivity contribution in [1.29, 1.82) is 0 Å². The molecule has 0 unspecified atom stereocenters. The third-order valence-corrected chi connectivity index (χ3v) is 5.52. The first-order valence-electron chi connectivity index (χ1n) is 8.27. The van der Waals surface area contributed by atoms with Crippen LogP contribution in [0.5, 0.6) is 0 Å². The Hall–Kier alpha value is -1.74. The van der Waals surface area contributed by atoms with Crippen molar-refractivity contribution in [3.8, 4) is 0 Å². The van der Waals surface area contributed by atoms with Gasteiger partial charge in [0.25, 0.3) is 0 Å². The Morgan fingerprint density at radius 2 is 1.78 bits per heavy atom. The predicted molar refractivity (Wildman–Crippen MR) is 96.8 cm³/mol. The first kappa shape index (κ1) is 16.1. The van der Waals surface area contributed by atoms with E-state index in [2.05, 4.69) is 30.4 Å². The van der Waals surface area contributed by atoms with Gasteiger partial charge in [0.1, 0.15) is 0 Å². The highest BCUT2D eigenvalue weighted by molar-refractivity contribution is 8.00. The minimum absolute atomic E-state index is 0.0484. The van der Waals surface area contributed by atoms with Crippen LogP contribution >= 0.6 is 11.8 Å². The van der Waals surface area contributed by atoms with Gasteiger partial charge in [-0.3, -0.25) is 4.79 Å². The van der Waals surface area contributed by atoms with Crippen LogP contribution in [0.2, 0.25) is 0 Å². The van der Waals surface area contributed by atoms with E-state index in [1.165, 1.54) is 36.0 Å². The summed E-state index contributed by atoms with van der Waals surface area (Å²) >= 11 is 1.60. The molecule has 0 bridgehead atoms. The van der Waals surface area contributed by atoms with Gasteiger partial charge in [0, 0.05) is 4.90 Å². The first-order chi connectivity index (χ1) is 11.1. The molecule has 2 aromatic rings. The third kappa shape index (κ3) is 3.97. The first-order valence-corrected chi connectivity index (χ1v) is 9.15. The topological polar surface area (TPSA) is 29.1 Å². The molecule has 120 valence electrons. The minimum Gasteiger partial charge on any atom is -0.349 e. The zero-order chi connectivity index (χ0) is 16.2. The highest BCUT2D eigenvalue weighted by Crippen LogP contribution is 2.26. The largest absolute Gasteiger partial charge is 0.349 e. The molecule has 0 saturated heterocycles. The number of fused-ring (bicyclic) bond motifs is 1. The monoisotopic (exact) mass is 325 g/mol. The lowest BCUT2D eigenvalue weighted by atomic mass is 10.0. The van der Waals surface area contributed by atoms with E-state index in [9.17, 15) is 4.79 Å². The minimum atomic E-state index is -0.103.